The van der Waals surface area contributed by atoms with Crippen LogP contribution in [0.4, 0.5) is 5.69 Å². The van der Waals surface area contributed by atoms with E-state index in [4.69, 9.17) is 0 Å². The number of nitriles is 1. The van der Waals surface area contributed by atoms with Crippen molar-refractivity contribution in [2.45, 2.75) is 20.8 Å². The smallest absolute Gasteiger partial charge is 0.337 e. The van der Waals surface area contributed by atoms with E-state index in [1.165, 1.54) is 12.7 Å². The first-order chi connectivity index (χ1) is 14.8. The zero-order valence-electron chi connectivity index (χ0n) is 17.9. The van der Waals surface area contributed by atoms with Crippen molar-refractivity contribution in [1.29, 1.82) is 5.26 Å². The average Bonchev–Trinajstić information content (AvgIpc) is 3.05. The van der Waals surface area contributed by atoms with E-state index >= 15 is 0 Å². The molecule has 0 bridgehead atoms. The van der Waals surface area contributed by atoms with E-state index < -0.39 is 11.9 Å². The van der Waals surface area contributed by atoms with Gasteiger partial charge in [0.2, 0.25) is 0 Å². The molecule has 0 radical (unpaired) electrons. The molecule has 0 fully saturated rings. The lowest BCUT2D eigenvalue weighted by molar-refractivity contribution is -0.112. The summed E-state index contributed by atoms with van der Waals surface area (Å²) in [6, 6.07) is 18.4. The summed E-state index contributed by atoms with van der Waals surface area (Å²) in [5, 5.41) is 12.2. The molecule has 31 heavy (non-hydrogen) atoms. The second kappa shape index (κ2) is 9.14. The molecule has 1 heterocycles. The number of aryl methyl sites for hydroxylation is 2. The van der Waals surface area contributed by atoms with Gasteiger partial charge in [-0.25, -0.2) is 4.79 Å². The van der Waals surface area contributed by atoms with Gasteiger partial charge in [0.25, 0.3) is 5.91 Å². The summed E-state index contributed by atoms with van der Waals surface area (Å²) < 4.78 is 6.75. The summed E-state index contributed by atoms with van der Waals surface area (Å²) in [7, 11) is 1.30. The van der Waals surface area contributed by atoms with Crippen LogP contribution in [0.2, 0.25) is 0 Å². The molecule has 2 aromatic carbocycles. The number of amides is 1. The van der Waals surface area contributed by atoms with Gasteiger partial charge in [0.05, 0.1) is 12.7 Å². The third kappa shape index (κ3) is 4.73. The normalized spacial score (nSPS) is 11.0. The monoisotopic (exact) mass is 413 g/mol. The Morgan fingerprint density at radius 3 is 2.26 bits per heavy atom. The molecule has 1 aromatic heterocycles. The Morgan fingerprint density at radius 2 is 1.68 bits per heavy atom. The first-order valence-electron chi connectivity index (χ1n) is 9.71. The Bertz CT molecular complexity index is 1190. The molecule has 156 valence electrons. The molecule has 0 aliphatic rings. The maximum atomic E-state index is 12.6. The van der Waals surface area contributed by atoms with Crippen molar-refractivity contribution in [2.75, 3.05) is 12.4 Å². The number of ether oxygens (including phenoxy) is 1. The minimum Gasteiger partial charge on any atom is -0.465 e. The molecule has 0 atom stereocenters. The van der Waals surface area contributed by atoms with Crippen molar-refractivity contribution >= 4 is 23.6 Å². The lowest BCUT2D eigenvalue weighted by atomic mass is 10.1. The second-order valence-electron chi connectivity index (χ2n) is 7.19. The van der Waals surface area contributed by atoms with Gasteiger partial charge in [0.1, 0.15) is 11.6 Å². The third-order valence-electron chi connectivity index (χ3n) is 4.99. The predicted octanol–water partition coefficient (Wildman–Crippen LogP) is 4.73. The zero-order chi connectivity index (χ0) is 22.5. The molecule has 0 spiro atoms. The third-order valence-corrected chi connectivity index (χ3v) is 4.99. The largest absolute Gasteiger partial charge is 0.465 e. The fourth-order valence-electron chi connectivity index (χ4n) is 3.33. The van der Waals surface area contributed by atoms with Crippen LogP contribution in [0.5, 0.6) is 0 Å². The zero-order valence-corrected chi connectivity index (χ0v) is 17.9. The van der Waals surface area contributed by atoms with Crippen LogP contribution in [-0.2, 0) is 9.53 Å². The Balaban J connectivity index is 1.85. The van der Waals surface area contributed by atoms with Crippen molar-refractivity contribution < 1.29 is 14.3 Å². The van der Waals surface area contributed by atoms with Gasteiger partial charge in [-0.1, -0.05) is 17.7 Å². The van der Waals surface area contributed by atoms with Gasteiger partial charge in [-0.3, -0.25) is 4.79 Å². The van der Waals surface area contributed by atoms with E-state index in [2.05, 4.69) is 14.6 Å². The molecule has 1 amide bonds. The molecule has 6 heteroatoms. The minimum atomic E-state index is -0.520. The van der Waals surface area contributed by atoms with Gasteiger partial charge >= 0.3 is 5.97 Å². The number of aromatic nitrogens is 1. The molecule has 0 saturated heterocycles. The van der Waals surface area contributed by atoms with Crippen LogP contribution in [0.15, 0.2) is 60.2 Å². The lowest BCUT2D eigenvalue weighted by Crippen LogP contribution is -2.13. The average molecular weight is 413 g/mol. The van der Waals surface area contributed by atoms with Gasteiger partial charge in [-0.05, 0) is 74.9 Å². The molecule has 0 aliphatic heterocycles. The molecular weight excluding hydrogens is 390 g/mol. The molecule has 3 rings (SSSR count). The molecule has 6 nitrogen and oxygen atoms in total. The first kappa shape index (κ1) is 21.6. The molecule has 3 aromatic rings. The fourth-order valence-corrected chi connectivity index (χ4v) is 3.33. The van der Waals surface area contributed by atoms with Crippen molar-refractivity contribution in [1.82, 2.24) is 4.57 Å². The van der Waals surface area contributed by atoms with Crippen molar-refractivity contribution in [2.24, 2.45) is 0 Å². The number of anilines is 1. The number of rotatable bonds is 5. The number of benzene rings is 2. The van der Waals surface area contributed by atoms with Gasteiger partial charge in [0.15, 0.2) is 0 Å². The van der Waals surface area contributed by atoms with Crippen LogP contribution < -0.4 is 5.32 Å². The summed E-state index contributed by atoms with van der Waals surface area (Å²) in [6.07, 6.45) is 1.59. The maximum Gasteiger partial charge on any atom is 0.337 e. The summed E-state index contributed by atoms with van der Waals surface area (Å²) in [6.45, 7) is 5.98. The van der Waals surface area contributed by atoms with Crippen LogP contribution in [0.25, 0.3) is 11.8 Å². The van der Waals surface area contributed by atoms with E-state index in [9.17, 15) is 14.9 Å². The molecule has 0 unspecified atom stereocenters. The highest BCUT2D eigenvalue weighted by Gasteiger charge is 2.14. The number of nitrogens with zero attached hydrogens (tertiary/aromatic N) is 2. The molecule has 0 aliphatic carbocycles. The van der Waals surface area contributed by atoms with Gasteiger partial charge in [0, 0.05) is 22.8 Å². The summed E-state index contributed by atoms with van der Waals surface area (Å²) in [5.41, 5.74) is 5.77. The summed E-state index contributed by atoms with van der Waals surface area (Å²) in [4.78, 5) is 24.2. The quantitative estimate of drug-likeness (QED) is 0.372. The SMILES string of the molecule is COC(=O)c1ccc(NC(=O)/C(C#N)=C\c2cc(C)n(-c3ccc(C)cc3)c2C)cc1. The number of carbonyl (C=O) groups is 2. The standard InChI is InChI=1S/C25H23N3O3/c1-16-5-11-23(12-6-16)28-17(2)13-20(18(28)3)14-21(15-26)24(29)27-22-9-7-19(8-10-22)25(30)31-4/h5-14H,1-4H3,(H,27,29)/b21-14-. The van der Waals surface area contributed by atoms with Crippen LogP contribution in [0.1, 0.15) is 32.9 Å². The van der Waals surface area contributed by atoms with Gasteiger partial charge < -0.3 is 14.6 Å². The fraction of sp³-hybridized carbons (Fsp3) is 0.160. The Labute approximate surface area is 181 Å². The Hall–Kier alpha value is -4.11. The van der Waals surface area contributed by atoms with E-state index in [-0.39, 0.29) is 5.57 Å². The lowest BCUT2D eigenvalue weighted by Gasteiger charge is -2.10. The van der Waals surface area contributed by atoms with Gasteiger partial charge in [-0.2, -0.15) is 5.26 Å². The van der Waals surface area contributed by atoms with Crippen molar-refractivity contribution in [3.63, 3.8) is 0 Å². The number of esters is 1. The highest BCUT2D eigenvalue weighted by Crippen LogP contribution is 2.23. The molecule has 0 saturated carbocycles. The highest BCUT2D eigenvalue weighted by atomic mass is 16.5. The number of nitrogens with one attached hydrogen (secondary N) is 1. The van der Waals surface area contributed by atoms with Crippen LogP contribution in [-0.4, -0.2) is 23.6 Å². The summed E-state index contributed by atoms with van der Waals surface area (Å²) in [5.74, 6) is -0.979. The van der Waals surface area contributed by atoms with Crippen LogP contribution >= 0.6 is 0 Å². The number of hydrogen-bond donors (Lipinski definition) is 1. The van der Waals surface area contributed by atoms with Gasteiger partial charge in [-0.15, -0.1) is 0 Å². The molecule has 1 N–H and O–H groups in total. The number of hydrogen-bond acceptors (Lipinski definition) is 4. The van der Waals surface area contributed by atoms with E-state index in [0.717, 1.165) is 22.6 Å². The number of methoxy groups -OCH3 is 1. The van der Waals surface area contributed by atoms with Crippen molar-refractivity contribution in [3.8, 4) is 11.8 Å². The Kier molecular flexibility index (Phi) is 6.37. The second-order valence-corrected chi connectivity index (χ2v) is 7.19. The highest BCUT2D eigenvalue weighted by molar-refractivity contribution is 6.09. The van der Waals surface area contributed by atoms with E-state index in [0.29, 0.717) is 11.3 Å². The first-order valence-corrected chi connectivity index (χ1v) is 9.71. The van der Waals surface area contributed by atoms with Crippen LogP contribution in [0, 0.1) is 32.1 Å². The molecular formula is C25H23N3O3. The Morgan fingerprint density at radius 1 is 1.03 bits per heavy atom. The maximum absolute atomic E-state index is 12.6. The van der Waals surface area contributed by atoms with Crippen LogP contribution in [0.3, 0.4) is 0 Å². The topological polar surface area (TPSA) is 84.1 Å². The van der Waals surface area contributed by atoms with Crippen molar-refractivity contribution in [3.05, 3.63) is 88.2 Å². The number of carbonyl (C=O) groups excluding carboxylic acids is 2. The minimum absolute atomic E-state index is 0.0128. The predicted molar refractivity (Wildman–Crippen MR) is 120 cm³/mol. The van der Waals surface area contributed by atoms with E-state index in [1.54, 1.807) is 30.3 Å². The van der Waals surface area contributed by atoms with E-state index in [1.807, 2.05) is 57.2 Å². The summed E-state index contributed by atoms with van der Waals surface area (Å²) >= 11 is 0.